The van der Waals surface area contributed by atoms with Crippen molar-refractivity contribution in [3.63, 3.8) is 0 Å². The second-order valence-electron chi connectivity index (χ2n) is 18.1. The molecule has 1 heterocycles. The average Bonchev–Trinajstić information content (AvgIpc) is 3.60. The van der Waals surface area contributed by atoms with Crippen LogP contribution in [0.5, 0.6) is 0 Å². The second-order valence-corrected chi connectivity index (χ2v) is 18.1. The lowest BCUT2D eigenvalue weighted by atomic mass is 9.57. The van der Waals surface area contributed by atoms with Crippen LogP contribution in [0.3, 0.4) is 0 Å². The number of benzene rings is 6. The second kappa shape index (κ2) is 12.4. The van der Waals surface area contributed by atoms with E-state index in [0.717, 1.165) is 33.0 Å². The van der Waals surface area contributed by atoms with E-state index in [1.54, 1.807) is 0 Å². The van der Waals surface area contributed by atoms with Gasteiger partial charge in [-0.2, -0.15) is 0 Å². The van der Waals surface area contributed by atoms with E-state index in [4.69, 9.17) is 0 Å². The van der Waals surface area contributed by atoms with Crippen molar-refractivity contribution in [2.24, 2.45) is 0 Å². The fourth-order valence-electron chi connectivity index (χ4n) is 11.1. The third-order valence-corrected chi connectivity index (χ3v) is 14.0. The van der Waals surface area contributed by atoms with Crippen molar-refractivity contribution >= 4 is 58.2 Å². The van der Waals surface area contributed by atoms with Gasteiger partial charge in [0.2, 0.25) is 0 Å². The van der Waals surface area contributed by atoms with Gasteiger partial charge >= 0.3 is 0 Å². The summed E-state index contributed by atoms with van der Waals surface area (Å²) in [5.74, 6) is 0. The molecule has 0 aromatic heterocycles. The predicted molar refractivity (Wildman–Crippen MR) is 246 cm³/mol. The van der Waals surface area contributed by atoms with Crippen LogP contribution in [0.15, 0.2) is 121 Å². The fourth-order valence-corrected chi connectivity index (χ4v) is 11.1. The van der Waals surface area contributed by atoms with Gasteiger partial charge in [-0.15, -0.1) is 0 Å². The Balaban J connectivity index is 1.12. The van der Waals surface area contributed by atoms with E-state index in [0.29, 0.717) is 0 Å². The van der Waals surface area contributed by atoms with Crippen molar-refractivity contribution in [3.05, 3.63) is 171 Å². The van der Waals surface area contributed by atoms with Crippen LogP contribution >= 0.6 is 0 Å². The highest BCUT2D eigenvalue weighted by Gasteiger charge is 2.40. The number of nitrogens with zero attached hydrogens (tertiary/aromatic N) is 1. The van der Waals surface area contributed by atoms with Crippen molar-refractivity contribution < 1.29 is 0 Å². The maximum Gasteiger partial charge on any atom is 0.198 e. The van der Waals surface area contributed by atoms with Crippen LogP contribution < -0.4 is 21.1 Å². The summed E-state index contributed by atoms with van der Waals surface area (Å²) in [6.45, 7) is 11.8. The molecule has 0 spiro atoms. The maximum atomic E-state index is 3.55. The van der Waals surface area contributed by atoms with Crippen LogP contribution in [0, 0.1) is 6.92 Å². The van der Waals surface area contributed by atoms with Crippen molar-refractivity contribution in [1.82, 2.24) is 0 Å². The SMILES string of the molecule is CNc1cc2c(cc1C1=CC(c3cc(C)cc4c3Bc3cc5c(cc3N4c3ccc4c(c3)-c3ccccc3C4(C)C)-c3ccccc3C5(C)C)=CCC1)CCC=C2. The number of aryl methyl sites for hydroxylation is 2. The van der Waals surface area contributed by atoms with E-state index in [1.165, 1.54) is 117 Å². The first-order valence-corrected chi connectivity index (χ1v) is 21.0. The number of allylic oxidation sites excluding steroid dienone is 5. The van der Waals surface area contributed by atoms with E-state index in [1.807, 2.05) is 0 Å². The summed E-state index contributed by atoms with van der Waals surface area (Å²) in [6, 6.07) is 40.2. The molecule has 1 aliphatic heterocycles. The van der Waals surface area contributed by atoms with Crippen LogP contribution in [-0.2, 0) is 17.3 Å². The van der Waals surface area contributed by atoms with Gasteiger partial charge in [0.25, 0.3) is 0 Å². The minimum absolute atomic E-state index is 0.0402. The molecule has 2 nitrogen and oxygen atoms in total. The molecule has 11 rings (SSSR count). The first kappa shape index (κ1) is 34.5. The van der Waals surface area contributed by atoms with Crippen LogP contribution in [-0.4, -0.2) is 14.3 Å². The molecule has 5 aliphatic rings. The minimum atomic E-state index is -0.0652. The molecule has 6 aromatic carbocycles. The molecule has 1 N–H and O–H groups in total. The minimum Gasteiger partial charge on any atom is -0.388 e. The van der Waals surface area contributed by atoms with Gasteiger partial charge in [0, 0.05) is 46.2 Å². The van der Waals surface area contributed by atoms with Gasteiger partial charge in [0.1, 0.15) is 0 Å². The summed E-state index contributed by atoms with van der Waals surface area (Å²) in [5, 5.41) is 3.55. The van der Waals surface area contributed by atoms with E-state index < -0.39 is 0 Å². The molecular formula is C54H49BN2. The van der Waals surface area contributed by atoms with Crippen LogP contribution in [0.25, 0.3) is 39.5 Å². The number of rotatable bonds is 4. The van der Waals surface area contributed by atoms with Gasteiger partial charge in [-0.1, -0.05) is 124 Å². The summed E-state index contributed by atoms with van der Waals surface area (Å²) in [5.41, 5.74) is 28.4. The predicted octanol–water partition coefficient (Wildman–Crippen LogP) is 12.0. The maximum absolute atomic E-state index is 3.55. The highest BCUT2D eigenvalue weighted by Crippen LogP contribution is 2.53. The number of nitrogens with one attached hydrogen (secondary N) is 1. The highest BCUT2D eigenvalue weighted by molar-refractivity contribution is 6.72. The van der Waals surface area contributed by atoms with Crippen molar-refractivity contribution in [2.45, 2.75) is 71.1 Å². The third-order valence-electron chi connectivity index (χ3n) is 14.0. The Morgan fingerprint density at radius 1 is 0.632 bits per heavy atom. The lowest BCUT2D eigenvalue weighted by molar-refractivity contribution is 0.660. The van der Waals surface area contributed by atoms with Gasteiger partial charge in [0.15, 0.2) is 7.28 Å². The lowest BCUT2D eigenvalue weighted by Gasteiger charge is -2.37. The Hall–Kier alpha value is -5.80. The monoisotopic (exact) mass is 736 g/mol. The number of anilines is 4. The molecule has 0 amide bonds. The highest BCUT2D eigenvalue weighted by atomic mass is 15.1. The van der Waals surface area contributed by atoms with Gasteiger partial charge in [-0.25, -0.2) is 0 Å². The molecule has 0 saturated heterocycles. The number of fused-ring (bicyclic) bond motifs is 9. The standard InChI is InChI=1S/C54H49BN2/c1-32-24-41(36-17-13-16-35(26-36)40-27-33-14-7-8-15-34(33)28-49(40)56-6)52-51(25-32)57(37-22-23-46-42(29-37)38-18-9-11-20-44(38)53(46,2)3)50-30-43-39-19-10-12-21-45(39)54(4,5)47(43)31-48(50)55-52/h8-12,15,17-31,55-56H,7,13-14,16H2,1-6H3. The summed E-state index contributed by atoms with van der Waals surface area (Å²) in [6.07, 6.45) is 13.9. The first-order valence-electron chi connectivity index (χ1n) is 21.0. The quantitative estimate of drug-likeness (QED) is 0.181. The van der Waals surface area contributed by atoms with Gasteiger partial charge in [-0.05, 0) is 152 Å². The topological polar surface area (TPSA) is 15.3 Å². The largest absolute Gasteiger partial charge is 0.388 e. The average molecular weight is 737 g/mol. The molecule has 0 unspecified atom stereocenters. The first-order chi connectivity index (χ1) is 27.6. The molecule has 3 heteroatoms. The molecule has 6 aromatic rings. The molecule has 0 fully saturated rings. The Morgan fingerprint density at radius 3 is 2.12 bits per heavy atom. The smallest absolute Gasteiger partial charge is 0.198 e. The molecular weight excluding hydrogens is 687 g/mol. The summed E-state index contributed by atoms with van der Waals surface area (Å²) < 4.78 is 0. The van der Waals surface area contributed by atoms with E-state index >= 15 is 0 Å². The van der Waals surface area contributed by atoms with Gasteiger partial charge < -0.3 is 10.2 Å². The molecule has 0 bridgehead atoms. The summed E-state index contributed by atoms with van der Waals surface area (Å²) in [7, 11) is 2.96. The summed E-state index contributed by atoms with van der Waals surface area (Å²) in [4.78, 5) is 2.61. The molecule has 0 radical (unpaired) electrons. The molecule has 278 valence electrons. The molecule has 0 saturated carbocycles. The van der Waals surface area contributed by atoms with Crippen LogP contribution in [0.1, 0.15) is 97.0 Å². The Labute approximate surface area is 338 Å². The third kappa shape index (κ3) is 5.04. The Bertz CT molecular complexity index is 2830. The zero-order valence-electron chi connectivity index (χ0n) is 34.1. The van der Waals surface area contributed by atoms with E-state index in [2.05, 4.69) is 179 Å². The molecule has 57 heavy (non-hydrogen) atoms. The van der Waals surface area contributed by atoms with Crippen LogP contribution in [0.2, 0.25) is 0 Å². The van der Waals surface area contributed by atoms with Gasteiger partial charge in [-0.3, -0.25) is 0 Å². The zero-order valence-corrected chi connectivity index (χ0v) is 34.1. The number of hydrogen-bond donors (Lipinski definition) is 1. The van der Waals surface area contributed by atoms with E-state index in [9.17, 15) is 0 Å². The van der Waals surface area contributed by atoms with E-state index in [-0.39, 0.29) is 10.8 Å². The Kier molecular flexibility index (Phi) is 7.47. The summed E-state index contributed by atoms with van der Waals surface area (Å²) >= 11 is 0. The normalized spacial score (nSPS) is 17.2. The van der Waals surface area contributed by atoms with Crippen molar-refractivity contribution in [2.75, 3.05) is 17.3 Å². The van der Waals surface area contributed by atoms with Crippen molar-refractivity contribution in [3.8, 4) is 22.3 Å². The van der Waals surface area contributed by atoms with Crippen LogP contribution in [0.4, 0.5) is 22.7 Å². The Morgan fingerprint density at radius 2 is 1.35 bits per heavy atom. The van der Waals surface area contributed by atoms with Crippen molar-refractivity contribution in [1.29, 1.82) is 0 Å². The lowest BCUT2D eigenvalue weighted by Crippen LogP contribution is -2.42. The van der Waals surface area contributed by atoms with Gasteiger partial charge in [0.05, 0.1) is 0 Å². The molecule has 4 aliphatic carbocycles. The zero-order chi connectivity index (χ0) is 38.8. The molecule has 0 atom stereocenters. The number of hydrogen-bond acceptors (Lipinski definition) is 2. The fraction of sp³-hybridized carbons (Fsp3) is 0.222.